The van der Waals surface area contributed by atoms with Crippen molar-refractivity contribution in [1.82, 2.24) is 9.80 Å². The topological polar surface area (TPSA) is 23.6 Å². The summed E-state index contributed by atoms with van der Waals surface area (Å²) in [7, 11) is 1.90. The van der Waals surface area contributed by atoms with E-state index in [2.05, 4.69) is 17.0 Å². The van der Waals surface area contributed by atoms with Crippen LogP contribution in [0.5, 0.6) is 0 Å². The fourth-order valence-corrected chi connectivity index (χ4v) is 3.96. The van der Waals surface area contributed by atoms with Crippen molar-refractivity contribution in [2.24, 2.45) is 0 Å². The summed E-state index contributed by atoms with van der Waals surface area (Å²) in [5.74, 6) is 0.0826. The highest BCUT2D eigenvalue weighted by Gasteiger charge is 2.25. The lowest BCUT2D eigenvalue weighted by Gasteiger charge is -2.35. The second kappa shape index (κ2) is 9.59. The zero-order valence-corrected chi connectivity index (χ0v) is 17.2. The number of amides is 1. The van der Waals surface area contributed by atoms with Gasteiger partial charge in [-0.15, -0.1) is 0 Å². The molecule has 0 N–H and O–H groups in total. The molecule has 0 aliphatic carbocycles. The van der Waals surface area contributed by atoms with Gasteiger partial charge in [0.1, 0.15) is 0 Å². The monoisotopic (exact) mass is 404 g/mol. The van der Waals surface area contributed by atoms with E-state index < -0.39 is 0 Å². The predicted molar refractivity (Wildman–Crippen MR) is 112 cm³/mol. The molecule has 5 heteroatoms. The fraction of sp³-hybridized carbons (Fsp3) is 0.409. The summed E-state index contributed by atoms with van der Waals surface area (Å²) >= 11 is 12.1. The van der Waals surface area contributed by atoms with Gasteiger partial charge < -0.3 is 9.80 Å². The van der Waals surface area contributed by atoms with Gasteiger partial charge in [0.2, 0.25) is 5.91 Å². The smallest absolute Gasteiger partial charge is 0.227 e. The minimum absolute atomic E-state index is 0.0413. The maximum Gasteiger partial charge on any atom is 0.227 e. The Bertz CT molecular complexity index is 760. The minimum atomic E-state index is 0.0413. The van der Waals surface area contributed by atoms with Crippen LogP contribution in [0.1, 0.15) is 36.4 Å². The van der Waals surface area contributed by atoms with Crippen LogP contribution in [0.25, 0.3) is 0 Å². The van der Waals surface area contributed by atoms with Crippen LogP contribution in [-0.4, -0.2) is 42.4 Å². The molecule has 0 unspecified atom stereocenters. The zero-order valence-electron chi connectivity index (χ0n) is 15.7. The Kier molecular flexibility index (Phi) is 7.17. The molecule has 3 rings (SSSR count). The van der Waals surface area contributed by atoms with Gasteiger partial charge in [-0.1, -0.05) is 66.0 Å². The minimum Gasteiger partial charge on any atom is -0.337 e. The number of rotatable bonds is 6. The van der Waals surface area contributed by atoms with E-state index in [0.29, 0.717) is 16.5 Å². The van der Waals surface area contributed by atoms with E-state index in [1.807, 2.05) is 36.2 Å². The van der Waals surface area contributed by atoms with Gasteiger partial charge in [0, 0.05) is 13.6 Å². The first-order chi connectivity index (χ1) is 13.0. The Morgan fingerprint density at radius 1 is 1.04 bits per heavy atom. The average Bonchev–Trinajstić information content (AvgIpc) is 2.70. The van der Waals surface area contributed by atoms with E-state index >= 15 is 0 Å². The number of piperidine rings is 1. The molecule has 144 valence electrons. The van der Waals surface area contributed by atoms with E-state index in [0.717, 1.165) is 25.2 Å². The summed E-state index contributed by atoms with van der Waals surface area (Å²) in [6, 6.07) is 15.7. The first-order valence-electron chi connectivity index (χ1n) is 9.51. The van der Waals surface area contributed by atoms with E-state index in [1.54, 1.807) is 12.1 Å². The maximum atomic E-state index is 13.0. The summed E-state index contributed by atoms with van der Waals surface area (Å²) in [5.41, 5.74) is 2.05. The van der Waals surface area contributed by atoms with Crippen LogP contribution < -0.4 is 0 Å². The number of benzene rings is 2. The van der Waals surface area contributed by atoms with Gasteiger partial charge in [0.05, 0.1) is 22.5 Å². The van der Waals surface area contributed by atoms with Crippen molar-refractivity contribution in [1.29, 1.82) is 0 Å². The van der Waals surface area contributed by atoms with Gasteiger partial charge in [-0.25, -0.2) is 0 Å². The second-order valence-electron chi connectivity index (χ2n) is 7.22. The molecule has 0 bridgehead atoms. The lowest BCUT2D eigenvalue weighted by atomic mass is 10.0. The lowest BCUT2D eigenvalue weighted by molar-refractivity contribution is -0.131. The molecule has 1 aliphatic heterocycles. The largest absolute Gasteiger partial charge is 0.337 e. The number of likely N-dealkylation sites (N-methyl/N-ethyl adjacent to an activating group) is 1. The average molecular weight is 405 g/mol. The third kappa shape index (κ3) is 5.47. The molecule has 1 aliphatic rings. The van der Waals surface area contributed by atoms with Crippen LogP contribution in [0, 0.1) is 0 Å². The Morgan fingerprint density at radius 2 is 1.74 bits per heavy atom. The number of likely N-dealkylation sites (tertiary alicyclic amines) is 1. The standard InChI is InChI=1S/C22H26Cl2N2O/c1-25(22(27)15-17-10-11-19(23)20(24)14-17)21(18-8-4-2-5-9-18)16-26-12-6-3-7-13-26/h2,4-5,8-11,14,21H,3,6-7,12-13,15-16H2,1H3/t21-/m0/s1. The molecule has 0 radical (unpaired) electrons. The van der Waals surface area contributed by atoms with Gasteiger partial charge in [0.25, 0.3) is 0 Å². The maximum absolute atomic E-state index is 13.0. The number of halogens is 2. The Hall–Kier alpha value is -1.55. The molecule has 1 fully saturated rings. The van der Waals surface area contributed by atoms with Crippen molar-refractivity contribution in [3.8, 4) is 0 Å². The molecule has 0 aromatic heterocycles. The SMILES string of the molecule is CN(C(=O)Cc1ccc(Cl)c(Cl)c1)[C@@H](CN1CCCCC1)c1ccccc1. The number of carbonyl (C=O) groups is 1. The van der Waals surface area contributed by atoms with E-state index in [9.17, 15) is 4.79 Å². The van der Waals surface area contributed by atoms with E-state index in [1.165, 1.54) is 24.8 Å². The molecule has 1 amide bonds. The molecule has 3 nitrogen and oxygen atoms in total. The summed E-state index contributed by atoms with van der Waals surface area (Å²) in [6.45, 7) is 3.09. The van der Waals surface area contributed by atoms with E-state index in [-0.39, 0.29) is 11.9 Å². The zero-order chi connectivity index (χ0) is 19.2. The molecule has 1 heterocycles. The van der Waals surface area contributed by atoms with Gasteiger partial charge in [-0.05, 0) is 49.2 Å². The van der Waals surface area contributed by atoms with Gasteiger partial charge in [-0.2, -0.15) is 0 Å². The highest BCUT2D eigenvalue weighted by Crippen LogP contribution is 2.25. The van der Waals surface area contributed by atoms with Crippen LogP contribution >= 0.6 is 23.2 Å². The first kappa shape index (κ1) is 20.2. The Balaban J connectivity index is 1.75. The second-order valence-corrected chi connectivity index (χ2v) is 8.03. The highest BCUT2D eigenvalue weighted by atomic mass is 35.5. The number of nitrogens with zero attached hydrogens (tertiary/aromatic N) is 2. The summed E-state index contributed by atoms with van der Waals surface area (Å²) in [4.78, 5) is 17.4. The van der Waals surface area contributed by atoms with Crippen LogP contribution in [0.2, 0.25) is 10.0 Å². The molecule has 2 aromatic carbocycles. The number of carbonyl (C=O) groups excluding carboxylic acids is 1. The van der Waals surface area contributed by atoms with Gasteiger partial charge in [0.15, 0.2) is 0 Å². The summed E-state index contributed by atoms with van der Waals surface area (Å²) in [6.07, 6.45) is 4.10. The van der Waals surface area contributed by atoms with Gasteiger partial charge >= 0.3 is 0 Å². The van der Waals surface area contributed by atoms with E-state index in [4.69, 9.17) is 23.2 Å². The number of hydrogen-bond donors (Lipinski definition) is 0. The molecular formula is C22H26Cl2N2O. The summed E-state index contributed by atoms with van der Waals surface area (Å²) < 4.78 is 0. The molecule has 0 saturated carbocycles. The Morgan fingerprint density at radius 3 is 2.41 bits per heavy atom. The normalized spacial score (nSPS) is 16.1. The quantitative estimate of drug-likeness (QED) is 0.658. The first-order valence-corrected chi connectivity index (χ1v) is 10.3. The van der Waals surface area contributed by atoms with Crippen molar-refractivity contribution in [3.63, 3.8) is 0 Å². The number of hydrogen-bond acceptors (Lipinski definition) is 2. The molecule has 2 aromatic rings. The Labute approximate surface area is 171 Å². The van der Waals surface area contributed by atoms with Crippen LogP contribution in [0.15, 0.2) is 48.5 Å². The highest BCUT2D eigenvalue weighted by molar-refractivity contribution is 6.42. The van der Waals surface area contributed by atoms with Crippen LogP contribution in [0.3, 0.4) is 0 Å². The van der Waals surface area contributed by atoms with Crippen molar-refractivity contribution in [2.75, 3.05) is 26.7 Å². The van der Waals surface area contributed by atoms with Crippen LogP contribution in [-0.2, 0) is 11.2 Å². The van der Waals surface area contributed by atoms with Crippen molar-refractivity contribution in [2.45, 2.75) is 31.7 Å². The molecule has 27 heavy (non-hydrogen) atoms. The third-order valence-electron chi connectivity index (χ3n) is 5.26. The van der Waals surface area contributed by atoms with Crippen molar-refractivity contribution in [3.05, 3.63) is 69.7 Å². The third-order valence-corrected chi connectivity index (χ3v) is 6.00. The lowest BCUT2D eigenvalue weighted by Crippen LogP contribution is -2.41. The van der Waals surface area contributed by atoms with Crippen LogP contribution in [0.4, 0.5) is 0 Å². The molecular weight excluding hydrogens is 379 g/mol. The van der Waals surface area contributed by atoms with Crippen molar-refractivity contribution >= 4 is 29.1 Å². The predicted octanol–water partition coefficient (Wildman–Crippen LogP) is 5.22. The van der Waals surface area contributed by atoms with Gasteiger partial charge in [-0.3, -0.25) is 4.79 Å². The molecule has 0 spiro atoms. The molecule has 1 saturated heterocycles. The summed E-state index contributed by atoms with van der Waals surface area (Å²) in [5, 5.41) is 0.992. The molecule has 1 atom stereocenters. The fourth-order valence-electron chi connectivity index (χ4n) is 3.64. The van der Waals surface area contributed by atoms with Crippen molar-refractivity contribution < 1.29 is 4.79 Å².